The van der Waals surface area contributed by atoms with Crippen LogP contribution in [0.5, 0.6) is 0 Å². The zero-order valence-electron chi connectivity index (χ0n) is 14.9. The Hall–Kier alpha value is -3.13. The number of carbonyl (C=O) groups is 1. The van der Waals surface area contributed by atoms with Gasteiger partial charge in [-0.05, 0) is 43.9 Å². The van der Waals surface area contributed by atoms with Crippen LogP contribution < -0.4 is 22.1 Å². The van der Waals surface area contributed by atoms with E-state index in [1.165, 1.54) is 0 Å². The Morgan fingerprint density at radius 1 is 1.19 bits per heavy atom. The van der Waals surface area contributed by atoms with Gasteiger partial charge in [-0.1, -0.05) is 6.07 Å². The van der Waals surface area contributed by atoms with E-state index in [1.807, 2.05) is 18.3 Å². The molecule has 0 spiro atoms. The van der Waals surface area contributed by atoms with E-state index in [4.69, 9.17) is 11.5 Å². The number of fused-ring (bicyclic) bond motifs is 1. The van der Waals surface area contributed by atoms with Crippen LogP contribution in [0.1, 0.15) is 36.0 Å². The number of nitrogens with zero attached hydrogens (tertiary/aromatic N) is 3. The molecule has 27 heavy (non-hydrogen) atoms. The van der Waals surface area contributed by atoms with E-state index in [9.17, 15) is 4.79 Å². The SMILES string of the molecule is NC(=O)c1cccc(Nc2cc(N[C@H]3CC[C@H](N)CC3)nn3ccnc23)c1. The number of rotatable bonds is 5. The number of nitrogens with two attached hydrogens (primary N) is 2. The summed E-state index contributed by atoms with van der Waals surface area (Å²) in [4.78, 5) is 15.8. The lowest BCUT2D eigenvalue weighted by Crippen LogP contribution is -2.33. The summed E-state index contributed by atoms with van der Waals surface area (Å²) < 4.78 is 1.73. The van der Waals surface area contributed by atoms with Crippen molar-refractivity contribution in [1.82, 2.24) is 14.6 Å². The number of primary amides is 1. The topological polar surface area (TPSA) is 123 Å². The van der Waals surface area contributed by atoms with Gasteiger partial charge in [0, 0.05) is 41.8 Å². The van der Waals surface area contributed by atoms with Gasteiger partial charge in [0.05, 0.1) is 5.69 Å². The van der Waals surface area contributed by atoms with E-state index in [2.05, 4.69) is 20.7 Å². The summed E-state index contributed by atoms with van der Waals surface area (Å²) in [5.74, 6) is 0.312. The molecule has 2 heterocycles. The lowest BCUT2D eigenvalue weighted by Gasteiger charge is -2.27. The first kappa shape index (κ1) is 17.3. The highest BCUT2D eigenvalue weighted by atomic mass is 16.1. The molecule has 1 aliphatic rings. The Kier molecular flexibility index (Phi) is 4.64. The molecule has 4 rings (SSSR count). The van der Waals surface area contributed by atoms with Crippen molar-refractivity contribution < 1.29 is 4.79 Å². The summed E-state index contributed by atoms with van der Waals surface area (Å²) in [7, 11) is 0. The van der Waals surface area contributed by atoms with Crippen molar-refractivity contribution in [2.45, 2.75) is 37.8 Å². The molecular weight excluding hydrogens is 342 g/mol. The summed E-state index contributed by atoms with van der Waals surface area (Å²) in [6.07, 6.45) is 7.63. The largest absolute Gasteiger partial charge is 0.366 e. The first-order valence-electron chi connectivity index (χ1n) is 9.12. The van der Waals surface area contributed by atoms with Crippen LogP contribution in [-0.2, 0) is 0 Å². The number of hydrogen-bond acceptors (Lipinski definition) is 6. The Morgan fingerprint density at radius 3 is 2.78 bits per heavy atom. The third-order valence-corrected chi connectivity index (χ3v) is 4.91. The molecule has 3 aromatic rings. The van der Waals surface area contributed by atoms with E-state index < -0.39 is 5.91 Å². The number of amides is 1. The number of hydrogen-bond donors (Lipinski definition) is 4. The second-order valence-electron chi connectivity index (χ2n) is 6.96. The fourth-order valence-electron chi connectivity index (χ4n) is 3.46. The molecule has 1 amide bonds. The number of nitrogens with one attached hydrogen (secondary N) is 2. The average molecular weight is 365 g/mol. The van der Waals surface area contributed by atoms with Crippen LogP contribution in [0, 0.1) is 0 Å². The summed E-state index contributed by atoms with van der Waals surface area (Å²) in [6.45, 7) is 0. The van der Waals surface area contributed by atoms with Gasteiger partial charge in [0.15, 0.2) is 5.65 Å². The van der Waals surface area contributed by atoms with Gasteiger partial charge in [-0.3, -0.25) is 4.79 Å². The number of carbonyl (C=O) groups excluding carboxylic acids is 1. The van der Waals surface area contributed by atoms with Crippen molar-refractivity contribution in [2.75, 3.05) is 10.6 Å². The zero-order valence-corrected chi connectivity index (χ0v) is 14.9. The van der Waals surface area contributed by atoms with E-state index in [1.54, 1.807) is 28.9 Å². The lowest BCUT2D eigenvalue weighted by molar-refractivity contribution is 0.100. The van der Waals surface area contributed by atoms with Crippen molar-refractivity contribution in [3.05, 3.63) is 48.3 Å². The predicted octanol–water partition coefficient (Wildman–Crippen LogP) is 2.25. The van der Waals surface area contributed by atoms with Gasteiger partial charge in [0.1, 0.15) is 5.82 Å². The second kappa shape index (κ2) is 7.24. The molecule has 8 heteroatoms. The minimum Gasteiger partial charge on any atom is -0.366 e. The maximum atomic E-state index is 11.4. The Bertz CT molecular complexity index is 960. The first-order valence-corrected chi connectivity index (χ1v) is 9.12. The molecule has 140 valence electrons. The molecule has 1 aliphatic carbocycles. The molecule has 0 aliphatic heterocycles. The Balaban J connectivity index is 1.61. The molecule has 0 radical (unpaired) electrons. The zero-order chi connectivity index (χ0) is 18.8. The highest BCUT2D eigenvalue weighted by Gasteiger charge is 2.19. The molecule has 0 unspecified atom stereocenters. The molecule has 0 bridgehead atoms. The fourth-order valence-corrected chi connectivity index (χ4v) is 3.46. The molecule has 1 aromatic carbocycles. The van der Waals surface area contributed by atoms with Gasteiger partial charge in [0.2, 0.25) is 5.91 Å². The third kappa shape index (κ3) is 3.85. The van der Waals surface area contributed by atoms with Crippen LogP contribution in [0.3, 0.4) is 0 Å². The molecule has 1 saturated carbocycles. The van der Waals surface area contributed by atoms with Crippen molar-refractivity contribution in [3.63, 3.8) is 0 Å². The van der Waals surface area contributed by atoms with Crippen LogP contribution in [0.25, 0.3) is 5.65 Å². The maximum absolute atomic E-state index is 11.4. The van der Waals surface area contributed by atoms with Gasteiger partial charge in [-0.15, -0.1) is 5.10 Å². The number of anilines is 3. The third-order valence-electron chi connectivity index (χ3n) is 4.91. The lowest BCUT2D eigenvalue weighted by atomic mass is 9.92. The van der Waals surface area contributed by atoms with Gasteiger partial charge >= 0.3 is 0 Å². The van der Waals surface area contributed by atoms with Crippen LogP contribution in [0.4, 0.5) is 17.2 Å². The fraction of sp³-hybridized carbons (Fsp3) is 0.316. The number of imidazole rings is 1. The minimum atomic E-state index is -0.461. The molecule has 2 aromatic heterocycles. The van der Waals surface area contributed by atoms with E-state index in [0.29, 0.717) is 23.3 Å². The molecule has 1 fully saturated rings. The van der Waals surface area contributed by atoms with E-state index in [0.717, 1.165) is 42.9 Å². The smallest absolute Gasteiger partial charge is 0.248 e. The van der Waals surface area contributed by atoms with Gasteiger partial charge in [-0.25, -0.2) is 9.50 Å². The normalized spacial score (nSPS) is 19.7. The van der Waals surface area contributed by atoms with Gasteiger partial charge < -0.3 is 22.1 Å². The molecule has 0 atom stereocenters. The number of benzene rings is 1. The highest BCUT2D eigenvalue weighted by molar-refractivity contribution is 5.94. The standard InChI is InChI=1S/C19H23N7O/c20-13-4-6-14(7-5-13)24-17-11-16(19-22-8-9-26(19)25-17)23-15-3-1-2-12(10-15)18(21)27/h1-3,8-11,13-14,23H,4-7,20H2,(H2,21,27)(H,24,25)/t13-,14-. The van der Waals surface area contributed by atoms with Gasteiger partial charge in [-0.2, -0.15) is 0 Å². The monoisotopic (exact) mass is 365 g/mol. The molecule has 8 nitrogen and oxygen atoms in total. The van der Waals surface area contributed by atoms with Crippen molar-refractivity contribution in [3.8, 4) is 0 Å². The second-order valence-corrected chi connectivity index (χ2v) is 6.96. The van der Waals surface area contributed by atoms with Crippen molar-refractivity contribution in [1.29, 1.82) is 0 Å². The van der Waals surface area contributed by atoms with Crippen LogP contribution in [0.15, 0.2) is 42.7 Å². The van der Waals surface area contributed by atoms with Crippen molar-refractivity contribution in [2.24, 2.45) is 11.5 Å². The average Bonchev–Trinajstić information content (AvgIpc) is 3.13. The molecular formula is C19H23N7O. The highest BCUT2D eigenvalue weighted by Crippen LogP contribution is 2.26. The minimum absolute atomic E-state index is 0.307. The van der Waals surface area contributed by atoms with Crippen LogP contribution in [-0.4, -0.2) is 32.6 Å². The first-order chi connectivity index (χ1) is 13.1. The van der Waals surface area contributed by atoms with Gasteiger partial charge in [0.25, 0.3) is 0 Å². The quantitative estimate of drug-likeness (QED) is 0.550. The van der Waals surface area contributed by atoms with E-state index >= 15 is 0 Å². The van der Waals surface area contributed by atoms with Crippen molar-refractivity contribution >= 4 is 28.7 Å². The molecule has 0 saturated heterocycles. The summed E-state index contributed by atoms with van der Waals surface area (Å²) in [5.41, 5.74) is 14.1. The van der Waals surface area contributed by atoms with Crippen LogP contribution in [0.2, 0.25) is 0 Å². The summed E-state index contributed by atoms with van der Waals surface area (Å²) in [6, 6.07) is 9.68. The van der Waals surface area contributed by atoms with E-state index in [-0.39, 0.29) is 0 Å². The summed E-state index contributed by atoms with van der Waals surface area (Å²) in [5, 5.41) is 11.4. The summed E-state index contributed by atoms with van der Waals surface area (Å²) >= 11 is 0. The Morgan fingerprint density at radius 2 is 2.00 bits per heavy atom. The van der Waals surface area contributed by atoms with Crippen LogP contribution >= 0.6 is 0 Å². The number of aromatic nitrogens is 3. The Labute approximate surface area is 157 Å². The predicted molar refractivity (Wildman–Crippen MR) is 105 cm³/mol. The maximum Gasteiger partial charge on any atom is 0.248 e. The molecule has 6 N–H and O–H groups in total.